The maximum atomic E-state index is 4.69. The Balaban J connectivity index is 1.96. The van der Waals surface area contributed by atoms with E-state index in [4.69, 9.17) is 0 Å². The molecule has 0 atom stereocenters. The Morgan fingerprint density at radius 1 is 1.00 bits per heavy atom. The number of thiazole rings is 1. The van der Waals surface area contributed by atoms with Crippen molar-refractivity contribution in [3.8, 4) is 11.3 Å². The molecule has 0 bridgehead atoms. The van der Waals surface area contributed by atoms with Crippen LogP contribution in [0.15, 0.2) is 64.0 Å². The monoisotopic (exact) mass is 349 g/mol. The second-order valence-corrected chi connectivity index (χ2v) is 7.21. The third-order valence-corrected chi connectivity index (χ3v) is 5.06. The second kappa shape index (κ2) is 7.62. The van der Waals surface area contributed by atoms with E-state index in [1.54, 1.807) is 18.4 Å². The zero-order valence-electron chi connectivity index (χ0n) is 15.1. The topological polar surface area (TPSA) is 29.6 Å². The molecule has 0 radical (unpaired) electrons. The summed E-state index contributed by atoms with van der Waals surface area (Å²) >= 11 is 1.60. The average molecular weight is 350 g/mol. The van der Waals surface area contributed by atoms with Crippen LogP contribution in [0, 0.1) is 6.92 Å². The van der Waals surface area contributed by atoms with E-state index in [-0.39, 0.29) is 0 Å². The molecule has 0 fully saturated rings. The molecule has 0 aliphatic rings. The first kappa shape index (κ1) is 17.4. The summed E-state index contributed by atoms with van der Waals surface area (Å²) in [7, 11) is 1.80. The minimum Gasteiger partial charge on any atom is -0.261 e. The van der Waals surface area contributed by atoms with Crippen LogP contribution < -0.4 is 4.80 Å². The summed E-state index contributed by atoms with van der Waals surface area (Å²) < 4.78 is 1.91. The van der Waals surface area contributed by atoms with Gasteiger partial charge in [-0.3, -0.25) is 4.99 Å². The molecule has 0 aliphatic heterocycles. The van der Waals surface area contributed by atoms with E-state index in [0.717, 1.165) is 21.6 Å². The van der Waals surface area contributed by atoms with Crippen LogP contribution >= 0.6 is 11.3 Å². The Morgan fingerprint density at radius 2 is 1.68 bits per heavy atom. The van der Waals surface area contributed by atoms with Crippen molar-refractivity contribution in [2.45, 2.75) is 26.7 Å². The molecule has 0 saturated carbocycles. The van der Waals surface area contributed by atoms with Gasteiger partial charge >= 0.3 is 0 Å². The number of nitrogens with zero attached hydrogens (tertiary/aromatic N) is 3. The third-order valence-electron chi connectivity index (χ3n) is 4.15. The van der Waals surface area contributed by atoms with Crippen LogP contribution in [0.4, 0.5) is 0 Å². The molecule has 1 aromatic heterocycles. The lowest BCUT2D eigenvalue weighted by Crippen LogP contribution is -2.11. The lowest BCUT2D eigenvalue weighted by Gasteiger charge is -2.05. The van der Waals surface area contributed by atoms with Gasteiger partial charge < -0.3 is 0 Å². The van der Waals surface area contributed by atoms with Crippen LogP contribution in [0.1, 0.15) is 36.5 Å². The van der Waals surface area contributed by atoms with Crippen LogP contribution in [0.5, 0.6) is 0 Å². The molecular formula is C21H23N3S. The Morgan fingerprint density at radius 3 is 2.28 bits per heavy atom. The number of hydrogen-bond acceptors (Lipinski definition) is 3. The van der Waals surface area contributed by atoms with E-state index < -0.39 is 0 Å². The Bertz CT molecular complexity index is 927. The highest BCUT2D eigenvalue weighted by atomic mass is 32.1. The molecule has 2 aromatic carbocycles. The smallest absolute Gasteiger partial charge is 0.205 e. The Kier molecular flexibility index (Phi) is 5.29. The number of rotatable bonds is 4. The van der Waals surface area contributed by atoms with Gasteiger partial charge in [-0.05, 0) is 24.0 Å². The Hall–Kier alpha value is -2.46. The van der Waals surface area contributed by atoms with Crippen LogP contribution in [0.3, 0.4) is 0 Å². The molecule has 0 amide bonds. The van der Waals surface area contributed by atoms with Gasteiger partial charge in [-0.25, -0.2) is 4.68 Å². The molecule has 0 unspecified atom stereocenters. The molecule has 0 spiro atoms. The Labute approximate surface area is 153 Å². The molecule has 4 heteroatoms. The summed E-state index contributed by atoms with van der Waals surface area (Å²) in [6.07, 6.45) is 1.89. The number of aromatic nitrogens is 1. The van der Waals surface area contributed by atoms with Crippen LogP contribution in [-0.2, 0) is 0 Å². The predicted octanol–water partition coefficient (Wildman–Crippen LogP) is 5.06. The summed E-state index contributed by atoms with van der Waals surface area (Å²) in [6.45, 7) is 6.50. The molecule has 0 N–H and O–H groups in total. The van der Waals surface area contributed by atoms with E-state index in [1.165, 1.54) is 11.1 Å². The quantitative estimate of drug-likeness (QED) is 0.589. The largest absolute Gasteiger partial charge is 0.261 e. The average Bonchev–Trinajstić information content (AvgIpc) is 3.04. The highest BCUT2D eigenvalue weighted by Crippen LogP contribution is 2.20. The molecule has 0 aliphatic carbocycles. The zero-order valence-corrected chi connectivity index (χ0v) is 15.9. The summed E-state index contributed by atoms with van der Waals surface area (Å²) in [5, 5.41) is 6.79. The molecule has 0 saturated heterocycles. The summed E-state index contributed by atoms with van der Waals surface area (Å²) in [6, 6.07) is 17.0. The lowest BCUT2D eigenvalue weighted by atomic mass is 10.0. The van der Waals surface area contributed by atoms with E-state index in [1.807, 2.05) is 10.9 Å². The molecule has 3 aromatic rings. The van der Waals surface area contributed by atoms with Crippen molar-refractivity contribution in [1.29, 1.82) is 0 Å². The maximum absolute atomic E-state index is 4.69. The molecule has 3 nitrogen and oxygen atoms in total. The van der Waals surface area contributed by atoms with Crippen LogP contribution in [0.2, 0.25) is 0 Å². The van der Waals surface area contributed by atoms with Crippen molar-refractivity contribution in [3.05, 3.63) is 75.4 Å². The molecule has 1 heterocycles. The van der Waals surface area contributed by atoms with Crippen molar-refractivity contribution in [2.75, 3.05) is 7.05 Å². The van der Waals surface area contributed by atoms with E-state index in [0.29, 0.717) is 5.92 Å². The fourth-order valence-electron chi connectivity index (χ4n) is 2.58. The zero-order chi connectivity index (χ0) is 17.8. The number of aryl methyl sites for hydroxylation is 1. The second-order valence-electron chi connectivity index (χ2n) is 6.37. The molecule has 3 rings (SSSR count). The van der Waals surface area contributed by atoms with Crippen molar-refractivity contribution in [1.82, 2.24) is 4.68 Å². The predicted molar refractivity (Wildman–Crippen MR) is 107 cm³/mol. The maximum Gasteiger partial charge on any atom is 0.205 e. The first-order chi connectivity index (χ1) is 12.1. The van der Waals surface area contributed by atoms with Crippen molar-refractivity contribution >= 4 is 17.6 Å². The van der Waals surface area contributed by atoms with Gasteiger partial charge in [0.25, 0.3) is 0 Å². The number of benzene rings is 2. The van der Waals surface area contributed by atoms with Gasteiger partial charge in [0.1, 0.15) is 0 Å². The van der Waals surface area contributed by atoms with Gasteiger partial charge in [-0.2, -0.15) is 5.10 Å². The van der Waals surface area contributed by atoms with E-state index >= 15 is 0 Å². The fourth-order valence-corrected chi connectivity index (χ4v) is 3.38. The summed E-state index contributed by atoms with van der Waals surface area (Å²) in [5.41, 5.74) is 5.87. The SMILES string of the molecule is CN=c1scc(-c2ccc(C)cc2)n1N=Cc1ccc(C(C)C)cc1. The van der Waals surface area contributed by atoms with E-state index in [2.05, 4.69) is 84.8 Å². The fraction of sp³-hybridized carbons (Fsp3) is 0.238. The third kappa shape index (κ3) is 3.97. The highest BCUT2D eigenvalue weighted by Gasteiger charge is 2.06. The van der Waals surface area contributed by atoms with Gasteiger partial charge in [0.05, 0.1) is 11.9 Å². The first-order valence-corrected chi connectivity index (χ1v) is 9.31. The molecular weight excluding hydrogens is 326 g/mol. The van der Waals surface area contributed by atoms with Gasteiger partial charge in [0.15, 0.2) is 0 Å². The first-order valence-electron chi connectivity index (χ1n) is 8.43. The van der Waals surface area contributed by atoms with Gasteiger partial charge in [-0.1, -0.05) is 67.9 Å². The summed E-state index contributed by atoms with van der Waals surface area (Å²) in [5.74, 6) is 0.538. The van der Waals surface area contributed by atoms with Gasteiger partial charge in [0, 0.05) is 18.0 Å². The van der Waals surface area contributed by atoms with Crippen molar-refractivity contribution < 1.29 is 0 Å². The van der Waals surface area contributed by atoms with Crippen LogP contribution in [0.25, 0.3) is 11.3 Å². The number of hydrogen-bond donors (Lipinski definition) is 0. The standard InChI is InChI=1S/C21H23N3S/c1-15(2)18-11-7-17(8-12-18)13-23-24-20(14-25-21(24)22-4)19-9-5-16(3)6-10-19/h5-15H,1-4H3. The normalized spacial score (nSPS) is 12.4. The molecule has 25 heavy (non-hydrogen) atoms. The van der Waals surface area contributed by atoms with Gasteiger partial charge in [0.2, 0.25) is 4.80 Å². The van der Waals surface area contributed by atoms with E-state index in [9.17, 15) is 0 Å². The van der Waals surface area contributed by atoms with Crippen molar-refractivity contribution in [3.63, 3.8) is 0 Å². The van der Waals surface area contributed by atoms with Gasteiger partial charge in [-0.15, -0.1) is 11.3 Å². The minimum atomic E-state index is 0.538. The molecule has 128 valence electrons. The minimum absolute atomic E-state index is 0.538. The highest BCUT2D eigenvalue weighted by molar-refractivity contribution is 7.07. The van der Waals surface area contributed by atoms with Crippen molar-refractivity contribution in [2.24, 2.45) is 10.1 Å². The van der Waals surface area contributed by atoms with Crippen LogP contribution in [-0.4, -0.2) is 17.9 Å². The lowest BCUT2D eigenvalue weighted by molar-refractivity contribution is 0.848. The summed E-state index contributed by atoms with van der Waals surface area (Å²) in [4.78, 5) is 5.23.